The van der Waals surface area contributed by atoms with Gasteiger partial charge in [-0.2, -0.15) is 5.10 Å². The van der Waals surface area contributed by atoms with Crippen molar-refractivity contribution < 1.29 is 14.3 Å². The van der Waals surface area contributed by atoms with Crippen LogP contribution in [0.25, 0.3) is 10.9 Å². The number of carbonyl (C=O) groups excluding carboxylic acids is 1. The molecule has 0 spiro atoms. The van der Waals surface area contributed by atoms with Crippen molar-refractivity contribution in [3.63, 3.8) is 0 Å². The van der Waals surface area contributed by atoms with Gasteiger partial charge in [-0.15, -0.1) is 0 Å². The van der Waals surface area contributed by atoms with Crippen LogP contribution in [0.3, 0.4) is 0 Å². The molecule has 6 heteroatoms. The zero-order chi connectivity index (χ0) is 21.6. The molecule has 0 aliphatic carbocycles. The molecule has 3 aromatic carbocycles. The maximum Gasteiger partial charge on any atom is 0.287 e. The Balaban J connectivity index is 1.51. The highest BCUT2D eigenvalue weighted by Crippen LogP contribution is 2.30. The highest BCUT2D eigenvalue weighted by atomic mass is 16.5. The maximum absolute atomic E-state index is 12.6. The third-order valence-electron chi connectivity index (χ3n) is 5.01. The van der Waals surface area contributed by atoms with Crippen molar-refractivity contribution in [3.05, 3.63) is 95.7 Å². The molecule has 6 nitrogen and oxygen atoms in total. The second-order valence-electron chi connectivity index (χ2n) is 7.00. The first-order valence-corrected chi connectivity index (χ1v) is 9.89. The number of nitrogens with zero attached hydrogens (tertiary/aromatic N) is 2. The van der Waals surface area contributed by atoms with Crippen molar-refractivity contribution in [2.75, 3.05) is 7.11 Å². The van der Waals surface area contributed by atoms with Crippen LogP contribution < -0.4 is 14.9 Å². The minimum absolute atomic E-state index is 0.287. The lowest BCUT2D eigenvalue weighted by Gasteiger charge is -2.13. The number of nitrogens with one attached hydrogen (secondary N) is 1. The Kier molecular flexibility index (Phi) is 5.98. The quantitative estimate of drug-likeness (QED) is 0.358. The second kappa shape index (κ2) is 9.17. The lowest BCUT2D eigenvalue weighted by Crippen LogP contribution is -2.20. The first-order chi connectivity index (χ1) is 15.2. The average Bonchev–Trinajstić information content (AvgIpc) is 3.15. The van der Waals surface area contributed by atoms with Crippen molar-refractivity contribution in [2.24, 2.45) is 12.1 Å². The normalized spacial score (nSPS) is 11.0. The van der Waals surface area contributed by atoms with E-state index < -0.39 is 0 Å². The van der Waals surface area contributed by atoms with Crippen molar-refractivity contribution in [2.45, 2.75) is 6.61 Å². The Morgan fingerprint density at radius 3 is 2.58 bits per heavy atom. The highest BCUT2D eigenvalue weighted by Gasteiger charge is 2.13. The minimum atomic E-state index is -0.287. The van der Waals surface area contributed by atoms with Crippen LogP contribution in [-0.4, -0.2) is 23.8 Å². The molecular weight excluding hydrogens is 390 g/mol. The first kappa shape index (κ1) is 20.2. The van der Waals surface area contributed by atoms with Gasteiger partial charge in [-0.1, -0.05) is 54.6 Å². The molecule has 0 saturated carbocycles. The van der Waals surface area contributed by atoms with Crippen LogP contribution in [-0.2, 0) is 13.7 Å². The molecule has 0 aliphatic heterocycles. The van der Waals surface area contributed by atoms with E-state index >= 15 is 0 Å². The number of ether oxygens (including phenoxy) is 2. The number of fused-ring (bicyclic) bond motifs is 1. The van der Waals surface area contributed by atoms with Crippen molar-refractivity contribution in [3.8, 4) is 11.5 Å². The van der Waals surface area contributed by atoms with Gasteiger partial charge in [0.2, 0.25) is 0 Å². The molecule has 0 aliphatic rings. The topological polar surface area (TPSA) is 64.8 Å². The highest BCUT2D eigenvalue weighted by molar-refractivity contribution is 5.99. The van der Waals surface area contributed by atoms with E-state index in [1.54, 1.807) is 13.3 Å². The molecule has 1 N–H and O–H groups in total. The van der Waals surface area contributed by atoms with Gasteiger partial charge in [-0.25, -0.2) is 5.43 Å². The Hall–Kier alpha value is -4.06. The van der Waals surface area contributed by atoms with Gasteiger partial charge in [0.25, 0.3) is 5.91 Å². The fourth-order valence-electron chi connectivity index (χ4n) is 3.40. The molecule has 4 aromatic rings. The van der Waals surface area contributed by atoms with E-state index in [0.29, 0.717) is 29.4 Å². The number of carbonyl (C=O) groups is 1. The number of methoxy groups -OCH3 is 1. The molecule has 0 saturated heterocycles. The average molecular weight is 413 g/mol. The van der Waals surface area contributed by atoms with Gasteiger partial charge in [-0.3, -0.25) is 4.79 Å². The van der Waals surface area contributed by atoms with E-state index in [0.717, 1.165) is 16.5 Å². The third-order valence-corrected chi connectivity index (χ3v) is 5.01. The van der Waals surface area contributed by atoms with Crippen molar-refractivity contribution in [1.82, 2.24) is 9.99 Å². The van der Waals surface area contributed by atoms with Crippen LogP contribution in [0.15, 0.2) is 84.0 Å². The molecule has 0 fully saturated rings. The van der Waals surface area contributed by atoms with Gasteiger partial charge in [0.15, 0.2) is 11.5 Å². The molecule has 156 valence electrons. The zero-order valence-electron chi connectivity index (χ0n) is 17.4. The van der Waals surface area contributed by atoms with Gasteiger partial charge in [0, 0.05) is 23.5 Å². The third kappa shape index (κ3) is 4.43. The summed E-state index contributed by atoms with van der Waals surface area (Å²) in [5, 5.41) is 5.15. The molecule has 4 rings (SSSR count). The monoisotopic (exact) mass is 413 g/mol. The largest absolute Gasteiger partial charge is 0.493 e. The van der Waals surface area contributed by atoms with Gasteiger partial charge in [0.05, 0.1) is 13.3 Å². The van der Waals surface area contributed by atoms with Crippen LogP contribution in [0.2, 0.25) is 0 Å². The Labute approximate surface area is 180 Å². The standard InChI is InChI=1S/C25H23N3O3/c1-28-21-13-7-6-11-19(21)15-22(28)25(29)27-26-16-20-12-8-14-23(30-2)24(20)31-17-18-9-4-3-5-10-18/h3-16H,17H2,1-2H3,(H,27,29)/b26-16+. The van der Waals surface area contributed by atoms with Gasteiger partial charge >= 0.3 is 0 Å². The van der Waals surface area contributed by atoms with Crippen LogP contribution in [0, 0.1) is 0 Å². The smallest absolute Gasteiger partial charge is 0.287 e. The molecular formula is C25H23N3O3. The number of aromatic nitrogens is 1. The molecule has 0 radical (unpaired) electrons. The summed E-state index contributed by atoms with van der Waals surface area (Å²) >= 11 is 0. The van der Waals surface area contributed by atoms with Crippen molar-refractivity contribution >= 4 is 23.0 Å². The molecule has 0 bridgehead atoms. The number of hydrazone groups is 1. The Morgan fingerprint density at radius 2 is 1.81 bits per heavy atom. The summed E-state index contributed by atoms with van der Waals surface area (Å²) in [5.74, 6) is 0.876. The van der Waals surface area contributed by atoms with Crippen LogP contribution in [0.1, 0.15) is 21.6 Å². The summed E-state index contributed by atoms with van der Waals surface area (Å²) in [6.07, 6.45) is 1.56. The Morgan fingerprint density at radius 1 is 1.03 bits per heavy atom. The fraction of sp³-hybridized carbons (Fsp3) is 0.120. The second-order valence-corrected chi connectivity index (χ2v) is 7.00. The molecule has 1 amide bonds. The lowest BCUT2D eigenvalue weighted by molar-refractivity contribution is 0.0947. The maximum atomic E-state index is 12.6. The fourth-order valence-corrected chi connectivity index (χ4v) is 3.40. The molecule has 1 aromatic heterocycles. The molecule has 0 atom stereocenters. The van der Waals surface area contributed by atoms with E-state index in [1.807, 2.05) is 90.5 Å². The van der Waals surface area contributed by atoms with Gasteiger partial charge < -0.3 is 14.0 Å². The summed E-state index contributed by atoms with van der Waals surface area (Å²) in [7, 11) is 3.45. The predicted octanol–water partition coefficient (Wildman–Crippen LogP) is 4.53. The first-order valence-electron chi connectivity index (χ1n) is 9.89. The minimum Gasteiger partial charge on any atom is -0.493 e. The van der Waals surface area contributed by atoms with Gasteiger partial charge in [-0.05, 0) is 29.8 Å². The molecule has 0 unspecified atom stereocenters. The number of para-hydroxylation sites is 2. The van der Waals surface area contributed by atoms with E-state index in [1.165, 1.54) is 0 Å². The van der Waals surface area contributed by atoms with Gasteiger partial charge in [0.1, 0.15) is 12.3 Å². The van der Waals surface area contributed by atoms with Crippen LogP contribution >= 0.6 is 0 Å². The van der Waals surface area contributed by atoms with E-state index in [2.05, 4.69) is 10.5 Å². The number of rotatable bonds is 7. The number of aryl methyl sites for hydroxylation is 1. The van der Waals surface area contributed by atoms with Crippen LogP contribution in [0.4, 0.5) is 0 Å². The number of amides is 1. The van der Waals surface area contributed by atoms with E-state index in [4.69, 9.17) is 9.47 Å². The van der Waals surface area contributed by atoms with Crippen LogP contribution in [0.5, 0.6) is 11.5 Å². The molecule has 1 heterocycles. The summed E-state index contributed by atoms with van der Waals surface area (Å²) in [6, 6.07) is 25.1. The lowest BCUT2D eigenvalue weighted by atomic mass is 10.2. The summed E-state index contributed by atoms with van der Waals surface area (Å²) in [4.78, 5) is 12.6. The van der Waals surface area contributed by atoms with E-state index in [-0.39, 0.29) is 5.91 Å². The number of hydrogen-bond acceptors (Lipinski definition) is 4. The Bertz CT molecular complexity index is 1230. The number of hydrogen-bond donors (Lipinski definition) is 1. The summed E-state index contributed by atoms with van der Waals surface area (Å²) < 4.78 is 13.3. The summed E-state index contributed by atoms with van der Waals surface area (Å²) in [6.45, 7) is 0.393. The predicted molar refractivity (Wildman–Crippen MR) is 122 cm³/mol. The van der Waals surface area contributed by atoms with E-state index in [9.17, 15) is 4.79 Å². The molecule has 31 heavy (non-hydrogen) atoms. The number of benzene rings is 3. The SMILES string of the molecule is COc1cccc(/C=N/NC(=O)c2cc3ccccc3n2C)c1OCc1ccccc1. The summed E-state index contributed by atoms with van der Waals surface area (Å²) in [5.41, 5.74) is 5.86. The van der Waals surface area contributed by atoms with Crippen molar-refractivity contribution in [1.29, 1.82) is 0 Å². The zero-order valence-corrected chi connectivity index (χ0v) is 17.4.